The first-order valence-corrected chi connectivity index (χ1v) is 8.88. The molecule has 3 aromatic rings. The van der Waals surface area contributed by atoms with Crippen molar-refractivity contribution in [2.75, 3.05) is 7.11 Å². The van der Waals surface area contributed by atoms with Crippen LogP contribution in [-0.2, 0) is 0 Å². The molecule has 0 amide bonds. The smallest absolute Gasteiger partial charge is 0.258 e. The standard InChI is InChI=1S/C20H18N4O2S/c1-12-16(19-23-18(24-26-19)13-7-4-3-5-8-13)17(22-20(27)21-12)14-9-6-10-15(11-14)25-2/h3-11,17H,1-2H3,(H2,21,22,27). The molecule has 27 heavy (non-hydrogen) atoms. The maximum atomic E-state index is 5.60. The lowest BCUT2D eigenvalue weighted by Crippen LogP contribution is -2.42. The molecule has 0 saturated heterocycles. The maximum absolute atomic E-state index is 5.60. The second-order valence-electron chi connectivity index (χ2n) is 6.14. The van der Waals surface area contributed by atoms with E-state index in [-0.39, 0.29) is 6.04 Å². The Hall–Kier alpha value is -3.19. The summed E-state index contributed by atoms with van der Waals surface area (Å²) in [5, 5.41) is 11.1. The lowest BCUT2D eigenvalue weighted by molar-refractivity contribution is 0.403. The fraction of sp³-hybridized carbons (Fsp3) is 0.150. The van der Waals surface area contributed by atoms with Gasteiger partial charge in [-0.05, 0) is 36.8 Å². The third-order valence-corrected chi connectivity index (χ3v) is 4.60. The predicted molar refractivity (Wildman–Crippen MR) is 107 cm³/mol. The first-order chi connectivity index (χ1) is 13.2. The van der Waals surface area contributed by atoms with E-state index in [2.05, 4.69) is 20.8 Å². The molecular weight excluding hydrogens is 360 g/mol. The molecule has 1 unspecified atom stereocenters. The summed E-state index contributed by atoms with van der Waals surface area (Å²) in [5.74, 6) is 1.76. The van der Waals surface area contributed by atoms with Gasteiger partial charge in [0.15, 0.2) is 5.11 Å². The van der Waals surface area contributed by atoms with Crippen LogP contribution in [-0.4, -0.2) is 22.4 Å². The summed E-state index contributed by atoms with van der Waals surface area (Å²) in [6, 6.07) is 17.3. The van der Waals surface area contributed by atoms with Gasteiger partial charge in [0, 0.05) is 11.3 Å². The Morgan fingerprint density at radius 1 is 1.11 bits per heavy atom. The van der Waals surface area contributed by atoms with E-state index >= 15 is 0 Å². The van der Waals surface area contributed by atoms with Crippen molar-refractivity contribution in [1.82, 2.24) is 20.8 Å². The van der Waals surface area contributed by atoms with Crippen LogP contribution in [0.4, 0.5) is 0 Å². The van der Waals surface area contributed by atoms with Crippen LogP contribution in [0.2, 0.25) is 0 Å². The van der Waals surface area contributed by atoms with Crippen LogP contribution in [0.15, 0.2) is 64.8 Å². The Bertz CT molecular complexity index is 1010. The van der Waals surface area contributed by atoms with Crippen molar-refractivity contribution in [3.8, 4) is 17.1 Å². The van der Waals surface area contributed by atoms with Crippen molar-refractivity contribution in [1.29, 1.82) is 0 Å². The molecule has 6 nitrogen and oxygen atoms in total. The maximum Gasteiger partial charge on any atom is 0.258 e. The van der Waals surface area contributed by atoms with Gasteiger partial charge in [0.1, 0.15) is 5.75 Å². The number of methoxy groups -OCH3 is 1. The van der Waals surface area contributed by atoms with Gasteiger partial charge in [-0.2, -0.15) is 4.98 Å². The normalized spacial score (nSPS) is 16.7. The van der Waals surface area contributed by atoms with Crippen molar-refractivity contribution in [3.63, 3.8) is 0 Å². The Morgan fingerprint density at radius 3 is 2.70 bits per heavy atom. The highest BCUT2D eigenvalue weighted by Crippen LogP contribution is 2.35. The van der Waals surface area contributed by atoms with Gasteiger partial charge in [-0.25, -0.2) is 0 Å². The predicted octanol–water partition coefficient (Wildman–Crippen LogP) is 3.70. The highest BCUT2D eigenvalue weighted by Gasteiger charge is 2.30. The highest BCUT2D eigenvalue weighted by molar-refractivity contribution is 7.80. The third-order valence-electron chi connectivity index (χ3n) is 4.38. The average molecular weight is 378 g/mol. The third kappa shape index (κ3) is 3.41. The topological polar surface area (TPSA) is 72.2 Å². The number of allylic oxidation sites excluding steroid dienone is 1. The molecule has 136 valence electrons. The Morgan fingerprint density at radius 2 is 1.93 bits per heavy atom. The van der Waals surface area contributed by atoms with E-state index in [9.17, 15) is 0 Å². The van der Waals surface area contributed by atoms with E-state index in [1.54, 1.807) is 7.11 Å². The molecule has 4 rings (SSSR count). The molecule has 0 spiro atoms. The molecule has 0 radical (unpaired) electrons. The molecule has 0 aliphatic carbocycles. The lowest BCUT2D eigenvalue weighted by Gasteiger charge is -2.29. The molecule has 1 aromatic heterocycles. The molecule has 0 fully saturated rings. The zero-order valence-corrected chi connectivity index (χ0v) is 15.7. The van der Waals surface area contributed by atoms with Crippen molar-refractivity contribution >= 4 is 22.9 Å². The summed E-state index contributed by atoms with van der Waals surface area (Å²) in [5.41, 5.74) is 3.62. The summed E-state index contributed by atoms with van der Waals surface area (Å²) in [6.07, 6.45) is 0. The number of hydrogen-bond acceptors (Lipinski definition) is 5. The average Bonchev–Trinajstić information content (AvgIpc) is 3.18. The second-order valence-corrected chi connectivity index (χ2v) is 6.54. The summed E-state index contributed by atoms with van der Waals surface area (Å²) >= 11 is 5.35. The number of nitrogens with one attached hydrogen (secondary N) is 2. The fourth-order valence-corrected chi connectivity index (χ4v) is 3.36. The Kier molecular flexibility index (Phi) is 4.60. The van der Waals surface area contributed by atoms with Gasteiger partial charge in [-0.1, -0.05) is 47.6 Å². The first-order valence-electron chi connectivity index (χ1n) is 8.47. The molecule has 1 aliphatic rings. The van der Waals surface area contributed by atoms with E-state index in [1.807, 2.05) is 61.5 Å². The molecule has 2 N–H and O–H groups in total. The van der Waals surface area contributed by atoms with E-state index in [1.165, 1.54) is 0 Å². The summed E-state index contributed by atoms with van der Waals surface area (Å²) < 4.78 is 11.0. The van der Waals surface area contributed by atoms with E-state index in [4.69, 9.17) is 21.5 Å². The molecule has 0 bridgehead atoms. The van der Waals surface area contributed by atoms with E-state index in [0.29, 0.717) is 16.8 Å². The minimum atomic E-state index is -0.224. The largest absolute Gasteiger partial charge is 0.497 e. The van der Waals surface area contributed by atoms with E-state index in [0.717, 1.165) is 28.1 Å². The number of benzene rings is 2. The van der Waals surface area contributed by atoms with Crippen LogP contribution in [0.25, 0.3) is 17.0 Å². The quantitative estimate of drug-likeness (QED) is 0.671. The van der Waals surface area contributed by atoms with Gasteiger partial charge < -0.3 is 19.9 Å². The molecule has 2 aromatic carbocycles. The van der Waals surface area contributed by atoms with E-state index < -0.39 is 0 Å². The first kappa shape index (κ1) is 17.2. The summed E-state index contributed by atoms with van der Waals surface area (Å²) in [7, 11) is 1.64. The van der Waals surface area contributed by atoms with Crippen LogP contribution < -0.4 is 15.4 Å². The molecule has 1 atom stereocenters. The SMILES string of the molecule is COc1cccc(C2NC(=S)NC(C)=C2c2nc(-c3ccccc3)no2)c1. The monoisotopic (exact) mass is 378 g/mol. The number of ether oxygens (including phenoxy) is 1. The van der Waals surface area contributed by atoms with Crippen LogP contribution in [0.1, 0.15) is 24.4 Å². The number of aromatic nitrogens is 2. The zero-order valence-electron chi connectivity index (χ0n) is 14.9. The number of hydrogen-bond donors (Lipinski definition) is 2. The van der Waals surface area contributed by atoms with Crippen molar-refractivity contribution in [2.45, 2.75) is 13.0 Å². The van der Waals surface area contributed by atoms with Crippen molar-refractivity contribution in [3.05, 3.63) is 71.7 Å². The van der Waals surface area contributed by atoms with Gasteiger partial charge in [0.2, 0.25) is 5.82 Å². The molecule has 1 aliphatic heterocycles. The number of thiocarbonyl (C=S) groups is 1. The minimum Gasteiger partial charge on any atom is -0.497 e. The van der Waals surface area contributed by atoms with Crippen LogP contribution in [0.3, 0.4) is 0 Å². The number of rotatable bonds is 4. The minimum absolute atomic E-state index is 0.224. The molecule has 7 heteroatoms. The van der Waals surface area contributed by atoms with Crippen LogP contribution in [0, 0.1) is 0 Å². The summed E-state index contributed by atoms with van der Waals surface area (Å²) in [4.78, 5) is 4.61. The lowest BCUT2D eigenvalue weighted by atomic mass is 9.95. The number of nitrogens with zero attached hydrogens (tertiary/aromatic N) is 2. The van der Waals surface area contributed by atoms with Crippen molar-refractivity contribution < 1.29 is 9.26 Å². The molecule has 2 heterocycles. The van der Waals surface area contributed by atoms with Gasteiger partial charge in [-0.3, -0.25) is 0 Å². The van der Waals surface area contributed by atoms with Crippen LogP contribution >= 0.6 is 12.2 Å². The van der Waals surface area contributed by atoms with Crippen molar-refractivity contribution in [2.24, 2.45) is 0 Å². The zero-order chi connectivity index (χ0) is 18.8. The Balaban J connectivity index is 1.77. The molecule has 0 saturated carbocycles. The Labute approximate surface area is 162 Å². The second kappa shape index (κ2) is 7.20. The van der Waals surface area contributed by atoms with Gasteiger partial charge in [0.05, 0.1) is 18.7 Å². The van der Waals surface area contributed by atoms with Gasteiger partial charge >= 0.3 is 0 Å². The summed E-state index contributed by atoms with van der Waals surface area (Å²) in [6.45, 7) is 1.95. The fourth-order valence-electron chi connectivity index (χ4n) is 3.09. The highest BCUT2D eigenvalue weighted by atomic mass is 32.1. The van der Waals surface area contributed by atoms with Gasteiger partial charge in [-0.15, -0.1) is 0 Å². The molecular formula is C20H18N4O2S. The van der Waals surface area contributed by atoms with Crippen LogP contribution in [0.5, 0.6) is 5.75 Å². The van der Waals surface area contributed by atoms with Gasteiger partial charge in [0.25, 0.3) is 5.89 Å².